The van der Waals surface area contributed by atoms with Crippen LogP contribution in [0.2, 0.25) is 0 Å². The normalized spacial score (nSPS) is 13.8. The number of unbranched alkanes of at least 4 members (excludes halogenated alkanes) is 2. The molecule has 1 unspecified atom stereocenters. The van der Waals surface area contributed by atoms with Gasteiger partial charge in [-0.15, -0.1) is 0 Å². The zero-order valence-corrected chi connectivity index (χ0v) is 8.02. The Morgan fingerprint density at radius 1 is 1.17 bits per heavy atom. The van der Waals surface area contributed by atoms with Crippen molar-refractivity contribution in [1.29, 1.82) is 0 Å². The van der Waals surface area contributed by atoms with E-state index in [1.807, 2.05) is 6.92 Å². The first-order chi connectivity index (χ1) is 5.72. The van der Waals surface area contributed by atoms with Crippen molar-refractivity contribution in [1.82, 2.24) is 0 Å². The second-order valence-electron chi connectivity index (χ2n) is 3.14. The molecule has 1 atom stereocenters. The van der Waals surface area contributed by atoms with Crippen LogP contribution in [0.5, 0.6) is 0 Å². The molecule has 0 spiro atoms. The number of alkyl halides is 2. The van der Waals surface area contributed by atoms with Gasteiger partial charge in [0.15, 0.2) is 0 Å². The highest BCUT2D eigenvalue weighted by Crippen LogP contribution is 2.21. The summed E-state index contributed by atoms with van der Waals surface area (Å²) in [6, 6.07) is 0. The number of hydrogen-bond donors (Lipinski definition) is 0. The van der Waals surface area contributed by atoms with Crippen LogP contribution in [0.15, 0.2) is 0 Å². The molecule has 0 rings (SSSR count). The molecule has 0 aromatic rings. The summed E-state index contributed by atoms with van der Waals surface area (Å²) in [5.74, 6) is -0.471. The van der Waals surface area contributed by atoms with E-state index < -0.39 is 12.3 Å². The second kappa shape index (κ2) is 7.51. The average molecular weight is 177 g/mol. The molecule has 0 fully saturated rings. The van der Waals surface area contributed by atoms with Gasteiger partial charge in [0.25, 0.3) is 0 Å². The van der Waals surface area contributed by atoms with Crippen LogP contribution in [-0.4, -0.2) is 6.43 Å². The standard InChI is InChI=1S/C10H19F2/c1-3-5-6-8-9(7-4-2)10(11)12/h7,9-10H,3-6,8H2,1-2H3. The molecule has 0 N–H and O–H groups in total. The van der Waals surface area contributed by atoms with Crippen LogP contribution < -0.4 is 0 Å². The average Bonchev–Trinajstić information content (AvgIpc) is 2.03. The van der Waals surface area contributed by atoms with Crippen LogP contribution in [0.3, 0.4) is 0 Å². The fourth-order valence-electron chi connectivity index (χ4n) is 1.28. The van der Waals surface area contributed by atoms with Crippen molar-refractivity contribution < 1.29 is 8.78 Å². The van der Waals surface area contributed by atoms with E-state index in [4.69, 9.17) is 0 Å². The molecule has 12 heavy (non-hydrogen) atoms. The Balaban J connectivity index is 3.49. The van der Waals surface area contributed by atoms with Gasteiger partial charge in [-0.05, 0) is 12.8 Å². The zero-order chi connectivity index (χ0) is 9.40. The third kappa shape index (κ3) is 5.50. The maximum atomic E-state index is 12.3. The lowest BCUT2D eigenvalue weighted by Crippen LogP contribution is -2.11. The summed E-state index contributed by atoms with van der Waals surface area (Å²) >= 11 is 0. The SMILES string of the molecule is CC[CH]C(CCCCC)C(F)F. The van der Waals surface area contributed by atoms with Crippen LogP contribution in [-0.2, 0) is 0 Å². The van der Waals surface area contributed by atoms with Crippen molar-refractivity contribution in [3.63, 3.8) is 0 Å². The van der Waals surface area contributed by atoms with E-state index in [0.29, 0.717) is 6.42 Å². The van der Waals surface area contributed by atoms with Gasteiger partial charge in [0.1, 0.15) is 0 Å². The van der Waals surface area contributed by atoms with Crippen LogP contribution >= 0.6 is 0 Å². The van der Waals surface area contributed by atoms with Crippen molar-refractivity contribution in [3.8, 4) is 0 Å². The maximum absolute atomic E-state index is 12.3. The van der Waals surface area contributed by atoms with Gasteiger partial charge < -0.3 is 0 Å². The molecule has 2 heteroatoms. The molecule has 0 saturated heterocycles. The van der Waals surface area contributed by atoms with Crippen molar-refractivity contribution >= 4 is 0 Å². The van der Waals surface area contributed by atoms with Gasteiger partial charge in [0.05, 0.1) is 0 Å². The van der Waals surface area contributed by atoms with Crippen LogP contribution in [0, 0.1) is 12.3 Å². The van der Waals surface area contributed by atoms with Gasteiger partial charge in [-0.3, -0.25) is 0 Å². The van der Waals surface area contributed by atoms with Gasteiger partial charge in [-0.1, -0.05) is 39.5 Å². The van der Waals surface area contributed by atoms with E-state index in [1.165, 1.54) is 0 Å². The molecule has 73 valence electrons. The summed E-state index contributed by atoms with van der Waals surface area (Å²) in [5.41, 5.74) is 0. The molecule has 0 bridgehead atoms. The zero-order valence-electron chi connectivity index (χ0n) is 8.02. The molecule has 0 aliphatic rings. The minimum Gasteiger partial charge on any atom is -0.210 e. The third-order valence-corrected chi connectivity index (χ3v) is 2.00. The molecule has 1 radical (unpaired) electrons. The molecule has 0 amide bonds. The fourth-order valence-corrected chi connectivity index (χ4v) is 1.28. The quantitative estimate of drug-likeness (QED) is 0.514. The van der Waals surface area contributed by atoms with Gasteiger partial charge in [-0.2, -0.15) is 0 Å². The van der Waals surface area contributed by atoms with Gasteiger partial charge in [0, 0.05) is 5.92 Å². The molecule has 0 aliphatic heterocycles. The van der Waals surface area contributed by atoms with Gasteiger partial charge >= 0.3 is 0 Å². The van der Waals surface area contributed by atoms with E-state index in [2.05, 4.69) is 6.92 Å². The summed E-state index contributed by atoms with van der Waals surface area (Å²) in [5, 5.41) is 0. The van der Waals surface area contributed by atoms with Crippen LogP contribution in [0.1, 0.15) is 46.0 Å². The predicted molar refractivity (Wildman–Crippen MR) is 48.2 cm³/mol. The molecule has 0 aliphatic carbocycles. The third-order valence-electron chi connectivity index (χ3n) is 2.00. The van der Waals surface area contributed by atoms with Gasteiger partial charge in [-0.25, -0.2) is 8.78 Å². The number of hydrogen-bond acceptors (Lipinski definition) is 0. The second-order valence-corrected chi connectivity index (χ2v) is 3.14. The van der Waals surface area contributed by atoms with Crippen LogP contribution in [0.25, 0.3) is 0 Å². The smallest absolute Gasteiger partial charge is 0.210 e. The molecular weight excluding hydrogens is 158 g/mol. The van der Waals surface area contributed by atoms with Gasteiger partial charge in [0.2, 0.25) is 6.43 Å². The monoisotopic (exact) mass is 177 g/mol. The van der Waals surface area contributed by atoms with Crippen molar-refractivity contribution in [2.45, 2.75) is 52.4 Å². The predicted octanol–water partition coefficient (Wildman–Crippen LogP) is 4.06. The Kier molecular flexibility index (Phi) is 7.42. The molecule has 0 aromatic heterocycles. The molecule has 0 heterocycles. The largest absolute Gasteiger partial charge is 0.241 e. The lowest BCUT2D eigenvalue weighted by molar-refractivity contribution is 0.0856. The van der Waals surface area contributed by atoms with Crippen molar-refractivity contribution in [2.75, 3.05) is 0 Å². The van der Waals surface area contributed by atoms with E-state index >= 15 is 0 Å². The Bertz CT molecular complexity index is 91.8. The maximum Gasteiger partial charge on any atom is 0.241 e. The minimum absolute atomic E-state index is 0.471. The lowest BCUT2D eigenvalue weighted by atomic mass is 9.97. The Morgan fingerprint density at radius 2 is 1.83 bits per heavy atom. The van der Waals surface area contributed by atoms with Crippen molar-refractivity contribution in [3.05, 3.63) is 6.42 Å². The molecule has 0 saturated carbocycles. The number of rotatable bonds is 7. The first-order valence-corrected chi connectivity index (χ1v) is 4.83. The van der Waals surface area contributed by atoms with E-state index in [-0.39, 0.29) is 0 Å². The minimum atomic E-state index is -2.16. The molecule has 0 aromatic carbocycles. The molecular formula is C10H19F2. The van der Waals surface area contributed by atoms with E-state index in [1.54, 1.807) is 6.42 Å². The summed E-state index contributed by atoms with van der Waals surface area (Å²) in [6.07, 6.45) is 4.08. The highest BCUT2D eigenvalue weighted by molar-refractivity contribution is 4.76. The first kappa shape index (κ1) is 11.9. The van der Waals surface area contributed by atoms with E-state index in [0.717, 1.165) is 25.7 Å². The molecule has 0 nitrogen and oxygen atoms in total. The topological polar surface area (TPSA) is 0 Å². The van der Waals surface area contributed by atoms with E-state index in [9.17, 15) is 8.78 Å². The Labute approximate surface area is 74.4 Å². The van der Waals surface area contributed by atoms with Crippen molar-refractivity contribution in [2.24, 2.45) is 5.92 Å². The summed E-state index contributed by atoms with van der Waals surface area (Å²) in [7, 11) is 0. The summed E-state index contributed by atoms with van der Waals surface area (Å²) in [4.78, 5) is 0. The first-order valence-electron chi connectivity index (χ1n) is 4.83. The fraction of sp³-hybridized carbons (Fsp3) is 0.900. The lowest BCUT2D eigenvalue weighted by Gasteiger charge is -2.13. The highest BCUT2D eigenvalue weighted by atomic mass is 19.3. The summed E-state index contributed by atoms with van der Waals surface area (Å²) in [6.45, 7) is 4.00. The van der Waals surface area contributed by atoms with Crippen LogP contribution in [0.4, 0.5) is 8.78 Å². The summed E-state index contributed by atoms with van der Waals surface area (Å²) < 4.78 is 24.6. The Morgan fingerprint density at radius 3 is 2.25 bits per heavy atom. The highest BCUT2D eigenvalue weighted by Gasteiger charge is 2.18. The Hall–Kier alpha value is -0.140. The number of halogens is 2.